The molecule has 178 valence electrons. The third-order valence-electron chi connectivity index (χ3n) is 5.79. The van der Waals surface area contributed by atoms with E-state index in [1.807, 2.05) is 32.0 Å². The van der Waals surface area contributed by atoms with E-state index in [4.69, 9.17) is 14.2 Å². The molecule has 1 saturated heterocycles. The number of benzene rings is 2. The van der Waals surface area contributed by atoms with Gasteiger partial charge in [0.25, 0.3) is 5.91 Å². The first-order valence-corrected chi connectivity index (χ1v) is 12.7. The molecule has 0 saturated carbocycles. The molecule has 0 aromatic heterocycles. The molecule has 0 bridgehead atoms. The summed E-state index contributed by atoms with van der Waals surface area (Å²) in [7, 11) is -3.69. The quantitative estimate of drug-likeness (QED) is 0.692. The number of hydrogen-bond acceptors (Lipinski definition) is 6. The number of carbonyl (C=O) groups excluding carboxylic acids is 1. The number of carbonyl (C=O) groups is 1. The molecule has 2 aromatic rings. The Labute approximate surface area is 194 Å². The Kier molecular flexibility index (Phi) is 7.21. The van der Waals surface area contributed by atoms with E-state index in [1.165, 1.54) is 16.4 Å². The normalized spacial score (nSPS) is 17.9. The Hall–Kier alpha value is -2.62. The maximum atomic E-state index is 13.1. The molecule has 0 radical (unpaired) electrons. The fourth-order valence-corrected chi connectivity index (χ4v) is 5.42. The lowest BCUT2D eigenvalue weighted by molar-refractivity contribution is 0.0730. The van der Waals surface area contributed by atoms with E-state index < -0.39 is 10.0 Å². The Morgan fingerprint density at radius 1 is 0.970 bits per heavy atom. The first-order chi connectivity index (χ1) is 15.9. The minimum absolute atomic E-state index is 0.0963. The van der Waals surface area contributed by atoms with Crippen LogP contribution in [0.3, 0.4) is 0 Å². The first-order valence-electron chi connectivity index (χ1n) is 11.2. The minimum atomic E-state index is -3.69. The highest BCUT2D eigenvalue weighted by molar-refractivity contribution is 7.89. The average molecular weight is 475 g/mol. The SMILES string of the molecule is CC(C)[C@@H](NC(=O)c1cccc(S(=O)(=O)N2CCOCC2)c1)c1ccc2c(c1)OCCCO2. The lowest BCUT2D eigenvalue weighted by Gasteiger charge is -2.26. The number of fused-ring (bicyclic) bond motifs is 1. The molecule has 2 heterocycles. The highest BCUT2D eigenvalue weighted by Crippen LogP contribution is 2.34. The van der Waals surface area contributed by atoms with E-state index in [0.717, 1.165) is 12.0 Å². The van der Waals surface area contributed by atoms with Gasteiger partial charge in [-0.2, -0.15) is 4.31 Å². The van der Waals surface area contributed by atoms with Crippen LogP contribution in [-0.4, -0.2) is 58.1 Å². The Morgan fingerprint density at radius 2 is 1.70 bits per heavy atom. The van der Waals surface area contributed by atoms with Crippen molar-refractivity contribution in [3.8, 4) is 11.5 Å². The van der Waals surface area contributed by atoms with Gasteiger partial charge in [-0.15, -0.1) is 0 Å². The number of nitrogens with one attached hydrogen (secondary N) is 1. The van der Waals surface area contributed by atoms with Crippen LogP contribution in [0.4, 0.5) is 0 Å². The van der Waals surface area contributed by atoms with Gasteiger partial charge in [-0.3, -0.25) is 4.79 Å². The van der Waals surface area contributed by atoms with Gasteiger partial charge in [-0.1, -0.05) is 26.0 Å². The van der Waals surface area contributed by atoms with Gasteiger partial charge >= 0.3 is 0 Å². The number of hydrogen-bond donors (Lipinski definition) is 1. The number of nitrogens with zero attached hydrogens (tertiary/aromatic N) is 1. The number of rotatable bonds is 6. The molecule has 9 heteroatoms. The molecule has 2 aliphatic heterocycles. The van der Waals surface area contributed by atoms with Gasteiger partial charge in [-0.05, 0) is 41.8 Å². The molecule has 2 aliphatic rings. The zero-order valence-corrected chi connectivity index (χ0v) is 19.8. The summed E-state index contributed by atoms with van der Waals surface area (Å²) in [5.41, 5.74) is 1.20. The third-order valence-corrected chi connectivity index (χ3v) is 7.68. The summed E-state index contributed by atoms with van der Waals surface area (Å²) < 4.78 is 44.1. The molecular formula is C24H30N2O6S. The molecular weight excluding hydrogens is 444 g/mol. The van der Waals surface area contributed by atoms with E-state index in [2.05, 4.69) is 5.32 Å². The Morgan fingerprint density at radius 3 is 2.42 bits per heavy atom. The van der Waals surface area contributed by atoms with Gasteiger partial charge in [0, 0.05) is 25.1 Å². The predicted molar refractivity (Wildman–Crippen MR) is 123 cm³/mol. The Bertz CT molecular complexity index is 1100. The van der Waals surface area contributed by atoms with Crippen molar-refractivity contribution in [2.24, 2.45) is 5.92 Å². The minimum Gasteiger partial charge on any atom is -0.490 e. The predicted octanol–water partition coefficient (Wildman–Crippen LogP) is 3.00. The van der Waals surface area contributed by atoms with Crippen LogP contribution in [0.15, 0.2) is 47.4 Å². The van der Waals surface area contributed by atoms with Crippen molar-refractivity contribution in [1.29, 1.82) is 0 Å². The largest absolute Gasteiger partial charge is 0.490 e. The van der Waals surface area contributed by atoms with E-state index in [1.54, 1.807) is 12.1 Å². The van der Waals surface area contributed by atoms with Gasteiger partial charge in [-0.25, -0.2) is 8.42 Å². The van der Waals surface area contributed by atoms with Crippen LogP contribution >= 0.6 is 0 Å². The second kappa shape index (κ2) is 10.1. The van der Waals surface area contributed by atoms with Crippen LogP contribution in [0.5, 0.6) is 11.5 Å². The summed E-state index contributed by atoms with van der Waals surface area (Å²) >= 11 is 0. The van der Waals surface area contributed by atoms with Crippen LogP contribution < -0.4 is 14.8 Å². The van der Waals surface area contributed by atoms with Crippen LogP contribution in [0, 0.1) is 5.92 Å². The van der Waals surface area contributed by atoms with E-state index in [-0.39, 0.29) is 22.8 Å². The number of ether oxygens (including phenoxy) is 3. The number of amides is 1. The van der Waals surface area contributed by atoms with Gasteiger partial charge in [0.05, 0.1) is 37.4 Å². The summed E-state index contributed by atoms with van der Waals surface area (Å²) in [6.45, 7) is 6.58. The highest BCUT2D eigenvalue weighted by atomic mass is 32.2. The average Bonchev–Trinajstić information content (AvgIpc) is 3.07. The molecule has 1 amide bonds. The molecule has 2 aromatic carbocycles. The molecule has 4 rings (SSSR count). The number of sulfonamides is 1. The van der Waals surface area contributed by atoms with Crippen molar-refractivity contribution in [3.05, 3.63) is 53.6 Å². The zero-order chi connectivity index (χ0) is 23.4. The van der Waals surface area contributed by atoms with E-state index in [0.29, 0.717) is 56.6 Å². The monoisotopic (exact) mass is 474 g/mol. The lowest BCUT2D eigenvalue weighted by Crippen LogP contribution is -2.40. The van der Waals surface area contributed by atoms with Gasteiger partial charge < -0.3 is 19.5 Å². The summed E-state index contributed by atoms with van der Waals surface area (Å²) in [6, 6.07) is 11.6. The van der Waals surface area contributed by atoms with Crippen molar-refractivity contribution >= 4 is 15.9 Å². The summed E-state index contributed by atoms with van der Waals surface area (Å²) in [5.74, 6) is 1.13. The summed E-state index contributed by atoms with van der Waals surface area (Å²) in [5, 5.41) is 3.07. The van der Waals surface area contributed by atoms with E-state index in [9.17, 15) is 13.2 Å². The van der Waals surface area contributed by atoms with Crippen molar-refractivity contribution in [2.45, 2.75) is 31.2 Å². The third kappa shape index (κ3) is 5.31. The van der Waals surface area contributed by atoms with Crippen molar-refractivity contribution in [1.82, 2.24) is 9.62 Å². The maximum absolute atomic E-state index is 13.1. The van der Waals surface area contributed by atoms with Crippen molar-refractivity contribution in [2.75, 3.05) is 39.5 Å². The van der Waals surface area contributed by atoms with Gasteiger partial charge in [0.15, 0.2) is 11.5 Å². The smallest absolute Gasteiger partial charge is 0.251 e. The van der Waals surface area contributed by atoms with E-state index >= 15 is 0 Å². The molecule has 0 aliphatic carbocycles. The van der Waals surface area contributed by atoms with Crippen LogP contribution in [-0.2, 0) is 14.8 Å². The summed E-state index contributed by atoms with van der Waals surface area (Å²) in [6.07, 6.45) is 0.818. The molecule has 1 fully saturated rings. The molecule has 1 N–H and O–H groups in total. The summed E-state index contributed by atoms with van der Waals surface area (Å²) in [4.78, 5) is 13.2. The number of morpholine rings is 1. The standard InChI is InChI=1S/C24H30N2O6S/c1-17(2)23(18-7-8-21-22(16-18)32-12-4-11-31-21)25-24(27)19-5-3-6-20(15-19)33(28,29)26-9-13-30-14-10-26/h3,5-8,15-17,23H,4,9-14H2,1-2H3,(H,25,27)/t23-/m1/s1. The maximum Gasteiger partial charge on any atom is 0.251 e. The molecule has 1 atom stereocenters. The fourth-order valence-electron chi connectivity index (χ4n) is 3.97. The van der Waals surface area contributed by atoms with Crippen molar-refractivity contribution in [3.63, 3.8) is 0 Å². The molecule has 0 unspecified atom stereocenters. The van der Waals surface area contributed by atoms with Crippen molar-refractivity contribution < 1.29 is 27.4 Å². The zero-order valence-electron chi connectivity index (χ0n) is 19.0. The molecule has 33 heavy (non-hydrogen) atoms. The fraction of sp³-hybridized carbons (Fsp3) is 0.458. The van der Waals surface area contributed by atoms with Crippen LogP contribution in [0.1, 0.15) is 42.2 Å². The second-order valence-corrected chi connectivity index (χ2v) is 10.4. The van der Waals surface area contributed by atoms with Crippen LogP contribution in [0.2, 0.25) is 0 Å². The second-order valence-electron chi connectivity index (χ2n) is 8.50. The lowest BCUT2D eigenvalue weighted by atomic mass is 9.95. The first kappa shape index (κ1) is 23.5. The van der Waals surface area contributed by atoms with Crippen LogP contribution in [0.25, 0.3) is 0 Å². The van der Waals surface area contributed by atoms with Gasteiger partial charge in [0.2, 0.25) is 10.0 Å². The van der Waals surface area contributed by atoms with Gasteiger partial charge in [0.1, 0.15) is 0 Å². The molecule has 0 spiro atoms. The topological polar surface area (TPSA) is 94.2 Å². The highest BCUT2D eigenvalue weighted by Gasteiger charge is 2.27. The molecule has 8 nitrogen and oxygen atoms in total. The Balaban J connectivity index is 1.55.